The van der Waals surface area contributed by atoms with Crippen molar-refractivity contribution in [1.29, 1.82) is 0 Å². The smallest absolute Gasteiger partial charge is 0.266 e. The maximum absolute atomic E-state index is 11.6. The molecular formula is C15H12ClN3O. The highest BCUT2D eigenvalue weighted by atomic mass is 35.5. The van der Waals surface area contributed by atoms with E-state index in [2.05, 4.69) is 4.98 Å². The zero-order chi connectivity index (χ0) is 14.1. The minimum absolute atomic E-state index is 0.292. The third-order valence-corrected chi connectivity index (χ3v) is 3.54. The second-order valence-corrected chi connectivity index (χ2v) is 4.79. The Kier molecular flexibility index (Phi) is 3.26. The fourth-order valence-electron chi connectivity index (χ4n) is 2.22. The average Bonchev–Trinajstić information content (AvgIpc) is 2.50. The molecule has 0 atom stereocenters. The first-order chi connectivity index (χ1) is 9.70. The van der Waals surface area contributed by atoms with Gasteiger partial charge in [-0.3, -0.25) is 4.79 Å². The lowest BCUT2D eigenvalue weighted by molar-refractivity contribution is 1.07. The van der Waals surface area contributed by atoms with E-state index in [1.54, 1.807) is 12.3 Å². The summed E-state index contributed by atoms with van der Waals surface area (Å²) >= 11 is 5.97. The van der Waals surface area contributed by atoms with Gasteiger partial charge in [-0.15, -0.1) is 0 Å². The molecule has 1 aromatic carbocycles. The van der Waals surface area contributed by atoms with Gasteiger partial charge in [0, 0.05) is 36.0 Å². The third-order valence-electron chi connectivity index (χ3n) is 3.21. The number of nitrogens with two attached hydrogens (primary N) is 1. The van der Waals surface area contributed by atoms with E-state index in [1.165, 1.54) is 6.07 Å². The van der Waals surface area contributed by atoms with E-state index < -0.39 is 0 Å². The lowest BCUT2D eigenvalue weighted by Gasteiger charge is -2.08. The van der Waals surface area contributed by atoms with Crippen molar-refractivity contribution in [2.75, 3.05) is 0 Å². The van der Waals surface area contributed by atoms with Gasteiger partial charge in [0.2, 0.25) is 0 Å². The Morgan fingerprint density at radius 1 is 1.20 bits per heavy atom. The summed E-state index contributed by atoms with van der Waals surface area (Å²) < 4.78 is 1.03. The van der Waals surface area contributed by atoms with Crippen molar-refractivity contribution in [2.45, 2.75) is 6.54 Å². The first-order valence-electron chi connectivity index (χ1n) is 6.17. The van der Waals surface area contributed by atoms with E-state index in [0.29, 0.717) is 12.2 Å². The van der Waals surface area contributed by atoms with Gasteiger partial charge in [0.05, 0.1) is 0 Å². The van der Waals surface area contributed by atoms with Crippen LogP contribution in [-0.4, -0.2) is 9.07 Å². The summed E-state index contributed by atoms with van der Waals surface area (Å²) in [4.78, 5) is 15.7. The SMILES string of the molecule is NCc1cccc(-c2ccnc3c2ccc(=O)n3Cl)c1. The van der Waals surface area contributed by atoms with E-state index in [9.17, 15) is 4.79 Å². The van der Waals surface area contributed by atoms with Gasteiger partial charge in [-0.1, -0.05) is 18.2 Å². The van der Waals surface area contributed by atoms with E-state index >= 15 is 0 Å². The molecule has 2 aromatic heterocycles. The van der Waals surface area contributed by atoms with E-state index in [1.807, 2.05) is 30.3 Å². The van der Waals surface area contributed by atoms with Crippen LogP contribution in [0.3, 0.4) is 0 Å². The largest absolute Gasteiger partial charge is 0.326 e. The van der Waals surface area contributed by atoms with Crippen LogP contribution in [0.2, 0.25) is 0 Å². The molecule has 5 heteroatoms. The molecule has 3 aromatic rings. The number of rotatable bonds is 2. The molecule has 20 heavy (non-hydrogen) atoms. The summed E-state index contributed by atoms with van der Waals surface area (Å²) in [6.45, 7) is 0.483. The van der Waals surface area contributed by atoms with Crippen LogP contribution in [0.15, 0.2) is 53.5 Å². The Hall–Kier alpha value is -2.17. The number of halogens is 1. The lowest BCUT2D eigenvalue weighted by Crippen LogP contribution is -2.12. The van der Waals surface area contributed by atoms with Gasteiger partial charge < -0.3 is 5.73 Å². The normalized spacial score (nSPS) is 10.9. The number of fused-ring (bicyclic) bond motifs is 1. The van der Waals surface area contributed by atoms with Crippen LogP contribution in [0.4, 0.5) is 0 Å². The van der Waals surface area contributed by atoms with Gasteiger partial charge in [-0.25, -0.2) is 4.98 Å². The van der Waals surface area contributed by atoms with Gasteiger partial charge in [0.25, 0.3) is 5.56 Å². The predicted octanol–water partition coefficient (Wildman–Crippen LogP) is 2.52. The molecule has 0 bridgehead atoms. The highest BCUT2D eigenvalue weighted by Crippen LogP contribution is 2.27. The second kappa shape index (κ2) is 5.07. The van der Waals surface area contributed by atoms with Crippen LogP contribution < -0.4 is 11.3 Å². The minimum Gasteiger partial charge on any atom is -0.326 e. The fourth-order valence-corrected chi connectivity index (χ4v) is 2.42. The second-order valence-electron chi connectivity index (χ2n) is 4.45. The highest BCUT2D eigenvalue weighted by molar-refractivity contribution is 6.18. The van der Waals surface area contributed by atoms with Gasteiger partial charge in [-0.05, 0) is 34.9 Å². The molecule has 0 unspecified atom stereocenters. The molecule has 2 heterocycles. The van der Waals surface area contributed by atoms with Crippen LogP contribution >= 0.6 is 11.8 Å². The highest BCUT2D eigenvalue weighted by Gasteiger charge is 2.08. The first kappa shape index (κ1) is 12.8. The number of nitrogens with zero attached hydrogens (tertiary/aromatic N) is 2. The van der Waals surface area contributed by atoms with Crippen LogP contribution in [-0.2, 0) is 6.54 Å². The quantitative estimate of drug-likeness (QED) is 0.787. The van der Waals surface area contributed by atoms with Crippen molar-refractivity contribution in [2.24, 2.45) is 5.73 Å². The lowest BCUT2D eigenvalue weighted by atomic mass is 10.0. The molecule has 0 spiro atoms. The molecule has 0 saturated heterocycles. The van der Waals surface area contributed by atoms with Crippen LogP contribution in [0.25, 0.3) is 22.2 Å². The molecule has 0 radical (unpaired) electrons. The van der Waals surface area contributed by atoms with Crippen LogP contribution in [0.5, 0.6) is 0 Å². The number of aromatic nitrogens is 2. The first-order valence-corrected chi connectivity index (χ1v) is 6.51. The molecule has 0 amide bonds. The molecule has 3 rings (SSSR count). The molecule has 0 fully saturated rings. The number of hydrogen-bond acceptors (Lipinski definition) is 3. The Morgan fingerprint density at radius 3 is 2.85 bits per heavy atom. The maximum Gasteiger partial charge on any atom is 0.266 e. The van der Waals surface area contributed by atoms with Crippen molar-refractivity contribution < 1.29 is 0 Å². The standard InChI is InChI=1S/C15H12ClN3O/c16-19-14(20)5-4-13-12(6-7-18-15(13)19)11-3-1-2-10(8-11)9-17/h1-8H,9,17H2. The molecule has 2 N–H and O–H groups in total. The topological polar surface area (TPSA) is 60.9 Å². The van der Waals surface area contributed by atoms with Crippen LogP contribution in [0, 0.1) is 0 Å². The zero-order valence-electron chi connectivity index (χ0n) is 10.6. The van der Waals surface area contributed by atoms with Gasteiger partial charge >= 0.3 is 0 Å². The molecule has 0 aliphatic carbocycles. The zero-order valence-corrected chi connectivity index (χ0v) is 11.3. The summed E-state index contributed by atoms with van der Waals surface area (Å²) in [7, 11) is 0. The van der Waals surface area contributed by atoms with Crippen molar-refractivity contribution in [3.63, 3.8) is 0 Å². The Bertz CT molecular complexity index is 842. The van der Waals surface area contributed by atoms with Gasteiger partial charge in [-0.2, -0.15) is 4.09 Å². The Balaban J connectivity index is 2.31. The van der Waals surface area contributed by atoms with Gasteiger partial charge in [0.1, 0.15) is 0 Å². The van der Waals surface area contributed by atoms with Crippen molar-refractivity contribution in [3.05, 3.63) is 64.6 Å². The van der Waals surface area contributed by atoms with E-state index in [-0.39, 0.29) is 5.56 Å². The summed E-state index contributed by atoms with van der Waals surface area (Å²) in [5, 5.41) is 0.830. The fraction of sp³-hybridized carbons (Fsp3) is 0.0667. The summed E-state index contributed by atoms with van der Waals surface area (Å²) in [5.41, 5.74) is 8.88. The molecule has 0 aliphatic heterocycles. The summed E-state index contributed by atoms with van der Waals surface area (Å²) in [5.74, 6) is 0. The molecule has 0 aliphatic rings. The number of pyridine rings is 2. The summed E-state index contributed by atoms with van der Waals surface area (Å²) in [6, 6.07) is 13.0. The molecule has 4 nitrogen and oxygen atoms in total. The molecule has 100 valence electrons. The number of benzene rings is 1. The van der Waals surface area contributed by atoms with Crippen molar-refractivity contribution >= 4 is 22.8 Å². The monoisotopic (exact) mass is 285 g/mol. The van der Waals surface area contributed by atoms with E-state index in [4.69, 9.17) is 17.5 Å². The van der Waals surface area contributed by atoms with Crippen molar-refractivity contribution in [1.82, 2.24) is 9.07 Å². The molecular weight excluding hydrogens is 274 g/mol. The Morgan fingerprint density at radius 2 is 2.05 bits per heavy atom. The average molecular weight is 286 g/mol. The molecule has 0 saturated carbocycles. The predicted molar refractivity (Wildman–Crippen MR) is 80.6 cm³/mol. The van der Waals surface area contributed by atoms with E-state index in [0.717, 1.165) is 26.2 Å². The Labute approximate surface area is 120 Å². The van der Waals surface area contributed by atoms with Gasteiger partial charge in [0.15, 0.2) is 5.65 Å². The minimum atomic E-state index is -0.292. The summed E-state index contributed by atoms with van der Waals surface area (Å²) in [6.07, 6.45) is 1.64. The number of hydrogen-bond donors (Lipinski definition) is 1. The maximum atomic E-state index is 11.6. The van der Waals surface area contributed by atoms with Crippen molar-refractivity contribution in [3.8, 4) is 11.1 Å². The van der Waals surface area contributed by atoms with Crippen LogP contribution in [0.1, 0.15) is 5.56 Å². The third kappa shape index (κ3) is 2.09.